The third-order valence-corrected chi connectivity index (χ3v) is 4.13. The van der Waals surface area contributed by atoms with Gasteiger partial charge in [-0.3, -0.25) is 4.79 Å². The van der Waals surface area contributed by atoms with Crippen LogP contribution in [-0.2, 0) is 12.8 Å². The van der Waals surface area contributed by atoms with Gasteiger partial charge in [-0.1, -0.05) is 13.8 Å². The maximum atomic E-state index is 11.9. The Balaban J connectivity index is 2.03. The molecule has 3 heteroatoms. The standard InChI is InChI=1S/C13H19NOS/c1-9(2)8-14-13(15)12-7-10-5-3-4-6-11(10)16-12/h7,9H,3-6,8H2,1-2H3,(H,14,15). The Bertz CT molecular complexity index is 358. The lowest BCUT2D eigenvalue weighted by molar-refractivity contribution is 0.0953. The Morgan fingerprint density at radius 3 is 2.88 bits per heavy atom. The number of hydrogen-bond acceptors (Lipinski definition) is 2. The molecule has 1 N–H and O–H groups in total. The highest BCUT2D eigenvalue weighted by Gasteiger charge is 2.16. The smallest absolute Gasteiger partial charge is 0.261 e. The van der Waals surface area contributed by atoms with E-state index in [1.807, 2.05) is 0 Å². The Morgan fingerprint density at radius 2 is 2.19 bits per heavy atom. The van der Waals surface area contributed by atoms with Crippen LogP contribution < -0.4 is 5.32 Å². The molecular formula is C13H19NOS. The molecule has 0 saturated carbocycles. The molecule has 0 radical (unpaired) electrons. The second-order valence-electron chi connectivity index (χ2n) is 4.87. The van der Waals surface area contributed by atoms with Gasteiger partial charge in [0.05, 0.1) is 4.88 Å². The van der Waals surface area contributed by atoms with E-state index in [9.17, 15) is 4.79 Å². The maximum Gasteiger partial charge on any atom is 0.261 e. The largest absolute Gasteiger partial charge is 0.351 e. The van der Waals surface area contributed by atoms with Gasteiger partial charge in [0, 0.05) is 11.4 Å². The number of carbonyl (C=O) groups is 1. The molecule has 16 heavy (non-hydrogen) atoms. The van der Waals surface area contributed by atoms with Crippen molar-refractivity contribution in [2.45, 2.75) is 39.5 Å². The summed E-state index contributed by atoms with van der Waals surface area (Å²) in [6.07, 6.45) is 4.87. The highest BCUT2D eigenvalue weighted by molar-refractivity contribution is 7.14. The van der Waals surface area contributed by atoms with Crippen molar-refractivity contribution in [3.8, 4) is 0 Å². The Labute approximate surface area is 101 Å². The summed E-state index contributed by atoms with van der Waals surface area (Å²) in [5.41, 5.74) is 1.41. The quantitative estimate of drug-likeness (QED) is 0.860. The minimum atomic E-state index is 0.105. The molecule has 0 spiro atoms. The summed E-state index contributed by atoms with van der Waals surface area (Å²) in [5, 5.41) is 2.98. The summed E-state index contributed by atoms with van der Waals surface area (Å²) in [4.78, 5) is 14.2. The molecule has 88 valence electrons. The molecule has 1 aromatic rings. The molecule has 0 saturated heterocycles. The minimum absolute atomic E-state index is 0.105. The maximum absolute atomic E-state index is 11.9. The first-order chi connectivity index (χ1) is 7.66. The van der Waals surface area contributed by atoms with Crippen molar-refractivity contribution in [3.05, 3.63) is 21.4 Å². The number of rotatable bonds is 3. The molecule has 0 aromatic carbocycles. The van der Waals surface area contributed by atoms with Gasteiger partial charge in [-0.2, -0.15) is 0 Å². The first-order valence-electron chi connectivity index (χ1n) is 6.06. The summed E-state index contributed by atoms with van der Waals surface area (Å²) in [7, 11) is 0. The van der Waals surface area contributed by atoms with E-state index in [1.165, 1.54) is 23.3 Å². The molecule has 1 aromatic heterocycles. The van der Waals surface area contributed by atoms with Gasteiger partial charge in [0.15, 0.2) is 0 Å². The number of amides is 1. The molecule has 0 atom stereocenters. The van der Waals surface area contributed by atoms with E-state index in [4.69, 9.17) is 0 Å². The predicted molar refractivity (Wildman–Crippen MR) is 68.1 cm³/mol. The van der Waals surface area contributed by atoms with E-state index in [-0.39, 0.29) is 5.91 Å². The van der Waals surface area contributed by atoms with Gasteiger partial charge >= 0.3 is 0 Å². The Morgan fingerprint density at radius 1 is 1.44 bits per heavy atom. The SMILES string of the molecule is CC(C)CNC(=O)c1cc2c(s1)CCCC2. The first-order valence-corrected chi connectivity index (χ1v) is 6.88. The van der Waals surface area contributed by atoms with Crippen LogP contribution in [0.5, 0.6) is 0 Å². The number of fused-ring (bicyclic) bond motifs is 1. The lowest BCUT2D eigenvalue weighted by atomic mass is 9.99. The fourth-order valence-corrected chi connectivity index (χ4v) is 3.16. The second-order valence-corrected chi connectivity index (χ2v) is 6.01. The third-order valence-electron chi connectivity index (χ3n) is 2.89. The molecular weight excluding hydrogens is 218 g/mol. The number of carbonyl (C=O) groups excluding carboxylic acids is 1. The molecule has 2 nitrogen and oxygen atoms in total. The van der Waals surface area contributed by atoms with Gasteiger partial charge < -0.3 is 5.32 Å². The molecule has 2 rings (SSSR count). The van der Waals surface area contributed by atoms with Gasteiger partial charge in [0.25, 0.3) is 5.91 Å². The molecule has 1 aliphatic rings. The summed E-state index contributed by atoms with van der Waals surface area (Å²) < 4.78 is 0. The van der Waals surface area contributed by atoms with Crippen LogP contribution in [0.3, 0.4) is 0 Å². The monoisotopic (exact) mass is 237 g/mol. The molecule has 0 unspecified atom stereocenters. The van der Waals surface area contributed by atoms with Crippen LogP contribution in [0.1, 0.15) is 46.8 Å². The van der Waals surface area contributed by atoms with E-state index >= 15 is 0 Å². The van der Waals surface area contributed by atoms with E-state index in [0.29, 0.717) is 5.92 Å². The number of nitrogens with one attached hydrogen (secondary N) is 1. The first kappa shape index (κ1) is 11.6. The number of hydrogen-bond donors (Lipinski definition) is 1. The summed E-state index contributed by atoms with van der Waals surface area (Å²) in [6.45, 7) is 4.99. The fraction of sp³-hybridized carbons (Fsp3) is 0.615. The molecule has 1 heterocycles. The highest BCUT2D eigenvalue weighted by atomic mass is 32.1. The fourth-order valence-electron chi connectivity index (χ4n) is 1.99. The average molecular weight is 237 g/mol. The van der Waals surface area contributed by atoms with E-state index < -0.39 is 0 Å². The van der Waals surface area contributed by atoms with Crippen molar-refractivity contribution in [2.24, 2.45) is 5.92 Å². The van der Waals surface area contributed by atoms with Gasteiger partial charge in [-0.25, -0.2) is 0 Å². The molecule has 1 amide bonds. The predicted octanol–water partition coefficient (Wildman–Crippen LogP) is 3.01. The van der Waals surface area contributed by atoms with Crippen LogP contribution in [0.2, 0.25) is 0 Å². The highest BCUT2D eigenvalue weighted by Crippen LogP contribution is 2.29. The van der Waals surface area contributed by atoms with Gasteiger partial charge in [0.2, 0.25) is 0 Å². The number of thiophene rings is 1. The van der Waals surface area contributed by atoms with Crippen molar-refractivity contribution in [1.29, 1.82) is 0 Å². The zero-order chi connectivity index (χ0) is 11.5. The minimum Gasteiger partial charge on any atom is -0.351 e. The molecule has 0 bridgehead atoms. The van der Waals surface area contributed by atoms with Crippen LogP contribution in [0.15, 0.2) is 6.07 Å². The van der Waals surface area contributed by atoms with E-state index in [2.05, 4.69) is 25.2 Å². The summed E-state index contributed by atoms with van der Waals surface area (Å²) in [6, 6.07) is 2.09. The normalized spacial score (nSPS) is 14.9. The van der Waals surface area contributed by atoms with Gasteiger partial charge in [0.1, 0.15) is 0 Å². The average Bonchev–Trinajstić information content (AvgIpc) is 2.69. The van der Waals surface area contributed by atoms with Gasteiger partial charge in [-0.05, 0) is 43.2 Å². The van der Waals surface area contributed by atoms with Crippen LogP contribution >= 0.6 is 11.3 Å². The lowest BCUT2D eigenvalue weighted by Gasteiger charge is -2.08. The van der Waals surface area contributed by atoms with Crippen molar-refractivity contribution in [2.75, 3.05) is 6.54 Å². The zero-order valence-electron chi connectivity index (χ0n) is 10.0. The topological polar surface area (TPSA) is 29.1 Å². The van der Waals surface area contributed by atoms with Crippen LogP contribution in [0.4, 0.5) is 0 Å². The molecule has 0 aliphatic heterocycles. The van der Waals surface area contributed by atoms with E-state index in [0.717, 1.165) is 24.3 Å². The lowest BCUT2D eigenvalue weighted by Crippen LogP contribution is -2.26. The Kier molecular flexibility index (Phi) is 3.64. The Hall–Kier alpha value is -0.830. The summed E-state index contributed by atoms with van der Waals surface area (Å²) >= 11 is 1.68. The van der Waals surface area contributed by atoms with Crippen molar-refractivity contribution >= 4 is 17.2 Å². The zero-order valence-corrected chi connectivity index (χ0v) is 10.8. The van der Waals surface area contributed by atoms with Crippen LogP contribution in [0, 0.1) is 5.92 Å². The molecule has 0 fully saturated rings. The van der Waals surface area contributed by atoms with Gasteiger partial charge in [-0.15, -0.1) is 11.3 Å². The van der Waals surface area contributed by atoms with Crippen molar-refractivity contribution in [3.63, 3.8) is 0 Å². The van der Waals surface area contributed by atoms with Crippen molar-refractivity contribution < 1.29 is 4.79 Å². The van der Waals surface area contributed by atoms with Crippen LogP contribution in [0.25, 0.3) is 0 Å². The second kappa shape index (κ2) is 5.00. The van der Waals surface area contributed by atoms with Crippen LogP contribution in [-0.4, -0.2) is 12.5 Å². The number of aryl methyl sites for hydroxylation is 2. The molecule has 1 aliphatic carbocycles. The van der Waals surface area contributed by atoms with E-state index in [1.54, 1.807) is 11.3 Å². The van der Waals surface area contributed by atoms with Crippen molar-refractivity contribution in [1.82, 2.24) is 5.32 Å². The summed E-state index contributed by atoms with van der Waals surface area (Å²) in [5.74, 6) is 0.617. The third kappa shape index (κ3) is 2.64.